The average Bonchev–Trinajstić information content (AvgIpc) is 3.83. The summed E-state index contributed by atoms with van der Waals surface area (Å²) in [7, 11) is 1.78. The van der Waals surface area contributed by atoms with E-state index in [1.165, 1.54) is 6.20 Å². The number of anilines is 4. The quantitative estimate of drug-likeness (QED) is 0.268. The predicted molar refractivity (Wildman–Crippen MR) is 198 cm³/mol. The molecule has 0 aliphatic carbocycles. The number of aromatic nitrogens is 4. The second-order valence-electron chi connectivity index (χ2n) is 15.5. The lowest BCUT2D eigenvalue weighted by Gasteiger charge is -2.51. The maximum Gasteiger partial charge on any atom is 0.410 e. The van der Waals surface area contributed by atoms with Crippen LogP contribution in [0.2, 0.25) is 0 Å². The van der Waals surface area contributed by atoms with Crippen molar-refractivity contribution in [2.75, 3.05) is 60.9 Å². The molecule has 9 rings (SSSR count). The van der Waals surface area contributed by atoms with Crippen molar-refractivity contribution in [3.05, 3.63) is 53.6 Å². The lowest BCUT2D eigenvalue weighted by molar-refractivity contribution is -0.136. The van der Waals surface area contributed by atoms with Gasteiger partial charge >= 0.3 is 6.09 Å². The normalized spacial score (nSPS) is 24.1. The molecule has 5 saturated heterocycles. The van der Waals surface area contributed by atoms with E-state index in [1.54, 1.807) is 36.3 Å². The molecule has 19 nitrogen and oxygen atoms in total. The summed E-state index contributed by atoms with van der Waals surface area (Å²) in [4.78, 5) is 94.6. The minimum atomic E-state index is -0.999. The van der Waals surface area contributed by atoms with Crippen LogP contribution < -0.4 is 26.2 Å². The second-order valence-corrected chi connectivity index (χ2v) is 15.5. The molecule has 5 fully saturated rings. The van der Waals surface area contributed by atoms with Gasteiger partial charge in [-0.15, -0.1) is 0 Å². The van der Waals surface area contributed by atoms with E-state index in [2.05, 4.69) is 35.4 Å². The monoisotopic (exact) mass is 766 g/mol. The Balaban J connectivity index is 0.792. The van der Waals surface area contributed by atoms with Gasteiger partial charge in [-0.25, -0.2) is 14.8 Å². The Morgan fingerprint density at radius 2 is 1.73 bits per heavy atom. The molecule has 4 N–H and O–H groups in total. The van der Waals surface area contributed by atoms with Crippen molar-refractivity contribution in [3.63, 3.8) is 0 Å². The molecule has 1 spiro atoms. The zero-order valence-electron chi connectivity index (χ0n) is 30.8. The van der Waals surface area contributed by atoms with Gasteiger partial charge in [0.25, 0.3) is 17.7 Å². The average molecular weight is 767 g/mol. The molecule has 6 amide bonds. The van der Waals surface area contributed by atoms with Gasteiger partial charge in [-0.1, -0.05) is 0 Å². The van der Waals surface area contributed by atoms with E-state index in [-0.39, 0.29) is 47.6 Å². The molecule has 2 atom stereocenters. The number of piperidine rings is 3. The zero-order chi connectivity index (χ0) is 38.9. The van der Waals surface area contributed by atoms with E-state index >= 15 is 0 Å². The first-order valence-electron chi connectivity index (χ1n) is 19.0. The number of rotatable bonds is 8. The molecule has 1 aromatic carbocycles. The predicted octanol–water partition coefficient (Wildman–Crippen LogP) is 0.598. The molecular weight excluding hydrogens is 724 g/mol. The molecule has 0 bridgehead atoms. The van der Waals surface area contributed by atoms with Gasteiger partial charge in [-0.2, -0.15) is 5.10 Å². The summed E-state index contributed by atoms with van der Waals surface area (Å²) in [5.41, 5.74) is 7.07. The van der Waals surface area contributed by atoms with Crippen molar-refractivity contribution < 1.29 is 33.5 Å². The van der Waals surface area contributed by atoms with Crippen molar-refractivity contribution in [1.82, 2.24) is 39.8 Å². The van der Waals surface area contributed by atoms with Crippen molar-refractivity contribution in [2.45, 2.75) is 62.3 Å². The molecule has 2 unspecified atom stereocenters. The molecule has 0 radical (unpaired) electrons. The van der Waals surface area contributed by atoms with Gasteiger partial charge in [-0.3, -0.25) is 48.7 Å². The Labute approximate surface area is 321 Å². The number of amides is 6. The molecule has 6 aliphatic rings. The number of ether oxygens (including phenoxy) is 1. The van der Waals surface area contributed by atoms with E-state index in [0.717, 1.165) is 49.4 Å². The minimum Gasteiger partial charge on any atom is -0.438 e. The Hall–Kier alpha value is -6.11. The van der Waals surface area contributed by atoms with Gasteiger partial charge < -0.3 is 25.6 Å². The van der Waals surface area contributed by atoms with Crippen LogP contribution in [0.15, 0.2) is 36.8 Å². The number of hydrogen-bond donors (Lipinski definition) is 3. The Bertz CT molecular complexity index is 2160. The highest BCUT2D eigenvalue weighted by molar-refractivity contribution is 6.23. The Kier molecular flexibility index (Phi) is 8.62. The number of nitrogens with two attached hydrogens (primary N) is 1. The number of hydrogen-bond acceptors (Lipinski definition) is 14. The molecule has 3 aromatic rings. The van der Waals surface area contributed by atoms with Crippen LogP contribution in [0.25, 0.3) is 0 Å². The molecule has 6 aliphatic heterocycles. The summed E-state index contributed by atoms with van der Waals surface area (Å²) >= 11 is 0. The molecule has 0 saturated carbocycles. The first-order chi connectivity index (χ1) is 26.9. The third-order valence-electron chi connectivity index (χ3n) is 11.9. The number of imide groups is 2. The van der Waals surface area contributed by atoms with Crippen LogP contribution in [-0.4, -0.2) is 140 Å². The number of fused-ring (bicyclic) bond motifs is 1. The van der Waals surface area contributed by atoms with Gasteiger partial charge in [0.15, 0.2) is 17.1 Å². The van der Waals surface area contributed by atoms with Crippen LogP contribution in [0.4, 0.5) is 27.8 Å². The molecule has 8 heterocycles. The van der Waals surface area contributed by atoms with Gasteiger partial charge in [0.2, 0.25) is 11.8 Å². The van der Waals surface area contributed by atoms with Crippen LogP contribution in [0, 0.1) is 0 Å². The molecule has 19 heteroatoms. The summed E-state index contributed by atoms with van der Waals surface area (Å²) in [6, 6.07) is 4.47. The molecule has 292 valence electrons. The maximum absolute atomic E-state index is 13.4. The first-order valence-corrected chi connectivity index (χ1v) is 19.0. The van der Waals surface area contributed by atoms with Gasteiger partial charge in [0.1, 0.15) is 11.9 Å². The molecule has 2 aromatic heterocycles. The van der Waals surface area contributed by atoms with Gasteiger partial charge in [0, 0.05) is 70.7 Å². The fraction of sp³-hybridized carbons (Fsp3) is 0.486. The standard InChI is InChI=1S/C37H42N12O7/c1-44-16-21(14-40-44)41-32-30(31(38)51)39-15-28(42-32)46-10-2-3-24(17-46)48-20-37(56-36(48)55)18-47(19-37)22-8-11-45(12-9-22)23-4-5-25-26(13-23)35(54)49(34(25)53)27-6-7-29(50)43-33(27)52/h4-5,13-16,22,24,27H,2-3,6-12,17-20H2,1H3,(H2,38,51)(H,41,42)(H,43,50,52). The summed E-state index contributed by atoms with van der Waals surface area (Å²) in [6.07, 6.45) is 8.21. The third kappa shape index (κ3) is 6.24. The first kappa shape index (κ1) is 35.6. The fourth-order valence-corrected chi connectivity index (χ4v) is 9.03. The number of nitrogens with one attached hydrogen (secondary N) is 2. The van der Waals surface area contributed by atoms with Crippen LogP contribution in [0.5, 0.6) is 0 Å². The third-order valence-corrected chi connectivity index (χ3v) is 11.9. The van der Waals surface area contributed by atoms with E-state index < -0.39 is 41.2 Å². The highest BCUT2D eigenvalue weighted by Crippen LogP contribution is 2.39. The van der Waals surface area contributed by atoms with Gasteiger partial charge in [0.05, 0.1) is 41.8 Å². The summed E-state index contributed by atoms with van der Waals surface area (Å²) in [5.74, 6) is -1.96. The highest BCUT2D eigenvalue weighted by atomic mass is 16.6. The van der Waals surface area contributed by atoms with Crippen molar-refractivity contribution in [2.24, 2.45) is 12.8 Å². The smallest absolute Gasteiger partial charge is 0.410 e. The molecular formula is C37H42N12O7. The number of likely N-dealkylation sites (tertiary alicyclic amines) is 1. The van der Waals surface area contributed by atoms with Crippen molar-refractivity contribution in [1.29, 1.82) is 0 Å². The minimum absolute atomic E-state index is 0.0222. The summed E-state index contributed by atoms with van der Waals surface area (Å²) in [6.45, 7) is 4.59. The number of benzene rings is 1. The number of carbonyl (C=O) groups excluding carboxylic acids is 6. The number of nitrogens with zero attached hydrogens (tertiary/aromatic N) is 9. The Morgan fingerprint density at radius 3 is 2.46 bits per heavy atom. The Morgan fingerprint density at radius 1 is 0.946 bits per heavy atom. The van der Waals surface area contributed by atoms with Crippen molar-refractivity contribution >= 4 is 58.6 Å². The topological polar surface area (TPSA) is 222 Å². The number of primary amides is 1. The zero-order valence-corrected chi connectivity index (χ0v) is 30.8. The van der Waals surface area contributed by atoms with Crippen LogP contribution >= 0.6 is 0 Å². The van der Waals surface area contributed by atoms with E-state index in [9.17, 15) is 28.8 Å². The van der Waals surface area contributed by atoms with Crippen LogP contribution in [0.3, 0.4) is 0 Å². The van der Waals surface area contributed by atoms with Crippen LogP contribution in [-0.2, 0) is 21.4 Å². The number of carbonyl (C=O) groups is 6. The summed E-state index contributed by atoms with van der Waals surface area (Å²) < 4.78 is 7.70. The van der Waals surface area contributed by atoms with E-state index in [1.807, 2.05) is 11.0 Å². The lowest BCUT2D eigenvalue weighted by Crippen LogP contribution is -2.67. The van der Waals surface area contributed by atoms with Gasteiger partial charge in [-0.05, 0) is 50.3 Å². The van der Waals surface area contributed by atoms with E-state index in [0.29, 0.717) is 50.3 Å². The van der Waals surface area contributed by atoms with E-state index in [4.69, 9.17) is 15.5 Å². The maximum atomic E-state index is 13.4. The van der Waals surface area contributed by atoms with Crippen molar-refractivity contribution in [3.8, 4) is 0 Å². The summed E-state index contributed by atoms with van der Waals surface area (Å²) in [5, 5.41) is 9.48. The largest absolute Gasteiger partial charge is 0.438 e. The SMILES string of the molecule is Cn1cc(Nc2nc(N3CCCC(N4CC5(CN(C6CCN(c7ccc8c(c7)C(=O)N(C7CCC(=O)NC7=O)C8=O)CC6)C5)OC4=O)C3)cnc2C(N)=O)cn1. The fourth-order valence-electron chi connectivity index (χ4n) is 9.03. The number of aryl methyl sites for hydroxylation is 1. The highest BCUT2D eigenvalue weighted by Gasteiger charge is 2.56. The molecule has 56 heavy (non-hydrogen) atoms. The van der Waals surface area contributed by atoms with Crippen LogP contribution in [0.1, 0.15) is 69.7 Å². The second kappa shape index (κ2) is 13.6. The lowest BCUT2D eigenvalue weighted by atomic mass is 9.88.